The van der Waals surface area contributed by atoms with Gasteiger partial charge in [-0.05, 0) is 29.2 Å². The maximum absolute atomic E-state index is 11.8. The molecule has 0 amide bonds. The van der Waals surface area contributed by atoms with Crippen LogP contribution < -0.4 is 0 Å². The molecule has 9 heteroatoms. The molecule has 0 fully saturated rings. The van der Waals surface area contributed by atoms with E-state index in [9.17, 15) is 14.9 Å². The molecule has 0 aliphatic carbocycles. The minimum absolute atomic E-state index is 0.0415. The Morgan fingerprint density at radius 1 is 1.35 bits per heavy atom. The first-order chi connectivity index (χ1) is 12.5. The topological polar surface area (TPSA) is 82.3 Å². The maximum atomic E-state index is 11.8. The van der Waals surface area contributed by atoms with Gasteiger partial charge in [-0.3, -0.25) is 10.1 Å². The monoisotopic (exact) mass is 406 g/mol. The van der Waals surface area contributed by atoms with Crippen molar-refractivity contribution < 1.29 is 14.5 Å². The lowest BCUT2D eigenvalue weighted by Crippen LogP contribution is -2.01. The zero-order valence-corrected chi connectivity index (χ0v) is 15.5. The van der Waals surface area contributed by atoms with E-state index in [4.69, 9.17) is 16.3 Å². The smallest absolute Gasteiger partial charge is 0.331 e. The summed E-state index contributed by atoms with van der Waals surface area (Å²) in [6, 6.07) is 8.21. The van der Waals surface area contributed by atoms with Crippen LogP contribution in [-0.2, 0) is 16.1 Å². The van der Waals surface area contributed by atoms with Gasteiger partial charge >= 0.3 is 5.97 Å². The molecule has 26 heavy (non-hydrogen) atoms. The highest BCUT2D eigenvalue weighted by Gasteiger charge is 2.12. The molecule has 0 spiro atoms. The Morgan fingerprint density at radius 3 is 2.92 bits per heavy atom. The molecule has 0 saturated heterocycles. The van der Waals surface area contributed by atoms with Crippen molar-refractivity contribution in [3.63, 3.8) is 0 Å². The predicted octanol–water partition coefficient (Wildman–Crippen LogP) is 5.19. The summed E-state index contributed by atoms with van der Waals surface area (Å²) in [7, 11) is 0. The Bertz CT molecular complexity index is 967. The molecule has 0 bridgehead atoms. The number of ether oxygens (including phenoxy) is 1. The summed E-state index contributed by atoms with van der Waals surface area (Å²) < 4.78 is 5.14. The van der Waals surface area contributed by atoms with Gasteiger partial charge in [0.15, 0.2) is 0 Å². The first-order valence-corrected chi connectivity index (χ1v) is 9.44. The van der Waals surface area contributed by atoms with Gasteiger partial charge in [-0.25, -0.2) is 9.78 Å². The molecule has 0 saturated carbocycles. The van der Waals surface area contributed by atoms with Crippen LogP contribution in [0, 0.1) is 10.1 Å². The highest BCUT2D eigenvalue weighted by atomic mass is 35.5. The summed E-state index contributed by atoms with van der Waals surface area (Å²) in [6.07, 6.45) is 2.64. The van der Waals surface area contributed by atoms with Gasteiger partial charge in [0, 0.05) is 17.5 Å². The Kier molecular flexibility index (Phi) is 5.77. The number of nitro benzene ring substituents is 1. The second-order valence-corrected chi connectivity index (χ2v) is 7.24. The molecule has 0 unspecified atom stereocenters. The van der Waals surface area contributed by atoms with Gasteiger partial charge in [0.2, 0.25) is 0 Å². The molecule has 0 radical (unpaired) electrons. The van der Waals surface area contributed by atoms with E-state index in [1.807, 2.05) is 22.9 Å². The van der Waals surface area contributed by atoms with Crippen molar-refractivity contribution in [3.05, 3.63) is 73.6 Å². The van der Waals surface area contributed by atoms with E-state index in [1.54, 1.807) is 17.4 Å². The molecule has 0 N–H and O–H groups in total. The SMILES string of the molecule is O=C(/C=C/c1ccc(Cl)c([N+](=O)[O-])c1)OCc1csc(-c2cccs2)n1. The molecule has 6 nitrogen and oxygen atoms in total. The minimum atomic E-state index is -0.578. The van der Waals surface area contributed by atoms with Crippen LogP contribution in [0.2, 0.25) is 5.02 Å². The molecule has 1 aromatic carbocycles. The fourth-order valence-electron chi connectivity index (χ4n) is 2.02. The summed E-state index contributed by atoms with van der Waals surface area (Å²) in [5.41, 5.74) is 0.930. The zero-order chi connectivity index (χ0) is 18.5. The number of nitro groups is 1. The second-order valence-electron chi connectivity index (χ2n) is 5.03. The third kappa shape index (κ3) is 4.54. The molecular weight excluding hydrogens is 396 g/mol. The number of rotatable bonds is 6. The van der Waals surface area contributed by atoms with E-state index in [0.29, 0.717) is 11.3 Å². The normalized spacial score (nSPS) is 11.0. The summed E-state index contributed by atoms with van der Waals surface area (Å²) in [4.78, 5) is 27.6. The summed E-state index contributed by atoms with van der Waals surface area (Å²) in [6.45, 7) is 0.0613. The van der Waals surface area contributed by atoms with Crippen molar-refractivity contribution in [1.29, 1.82) is 0 Å². The highest BCUT2D eigenvalue weighted by molar-refractivity contribution is 7.20. The number of thiophene rings is 1. The number of thiazole rings is 1. The molecule has 132 valence electrons. The molecular formula is C17H11ClN2O4S2. The number of carbonyl (C=O) groups excluding carboxylic acids is 1. The zero-order valence-electron chi connectivity index (χ0n) is 13.1. The van der Waals surface area contributed by atoms with E-state index in [1.165, 1.54) is 35.6 Å². The number of nitrogens with zero attached hydrogens (tertiary/aromatic N) is 2. The van der Waals surface area contributed by atoms with Gasteiger partial charge in [0.25, 0.3) is 5.69 Å². The van der Waals surface area contributed by atoms with Crippen molar-refractivity contribution in [2.45, 2.75) is 6.61 Å². The first-order valence-electron chi connectivity index (χ1n) is 7.30. The molecule has 2 heterocycles. The third-order valence-electron chi connectivity index (χ3n) is 3.22. The van der Waals surface area contributed by atoms with Crippen molar-refractivity contribution in [1.82, 2.24) is 4.98 Å². The van der Waals surface area contributed by atoms with E-state index in [0.717, 1.165) is 9.88 Å². The average molecular weight is 407 g/mol. The number of benzene rings is 1. The number of aromatic nitrogens is 1. The van der Waals surface area contributed by atoms with E-state index >= 15 is 0 Å². The molecule has 0 atom stereocenters. The van der Waals surface area contributed by atoms with Crippen molar-refractivity contribution in [2.24, 2.45) is 0 Å². The third-order valence-corrected chi connectivity index (χ3v) is 5.47. The molecule has 3 rings (SSSR count). The standard InChI is InChI=1S/C17H11ClN2O4S2/c18-13-5-3-11(8-14(13)20(22)23)4-6-16(21)24-9-12-10-26-17(19-12)15-2-1-7-25-15/h1-8,10H,9H2/b6-4+. The van der Waals surface area contributed by atoms with Crippen LogP contribution in [0.15, 0.2) is 47.2 Å². The summed E-state index contributed by atoms with van der Waals surface area (Å²) in [5.74, 6) is -0.562. The Labute approximate surface area is 161 Å². The van der Waals surface area contributed by atoms with Crippen molar-refractivity contribution >= 4 is 52.0 Å². The van der Waals surface area contributed by atoms with Gasteiger partial charge in [-0.15, -0.1) is 22.7 Å². The van der Waals surface area contributed by atoms with Crippen LogP contribution in [0.4, 0.5) is 5.69 Å². The molecule has 0 aliphatic rings. The number of hydrogen-bond donors (Lipinski definition) is 0. The van der Waals surface area contributed by atoms with Crippen LogP contribution >= 0.6 is 34.3 Å². The van der Waals surface area contributed by atoms with Gasteiger partial charge in [-0.1, -0.05) is 23.7 Å². The first kappa shape index (κ1) is 18.2. The van der Waals surface area contributed by atoms with Crippen LogP contribution in [-0.4, -0.2) is 15.9 Å². The lowest BCUT2D eigenvalue weighted by molar-refractivity contribution is -0.384. The number of halogens is 1. The van der Waals surface area contributed by atoms with Crippen molar-refractivity contribution in [3.8, 4) is 9.88 Å². The molecule has 3 aromatic rings. The quantitative estimate of drug-likeness (QED) is 0.243. The van der Waals surface area contributed by atoms with Crippen LogP contribution in [0.25, 0.3) is 16.0 Å². The summed E-state index contributed by atoms with van der Waals surface area (Å²) in [5, 5.41) is 15.6. The van der Waals surface area contributed by atoms with E-state index in [2.05, 4.69) is 4.98 Å². The Balaban J connectivity index is 1.58. The summed E-state index contributed by atoms with van der Waals surface area (Å²) >= 11 is 8.83. The number of esters is 1. The molecule has 0 aliphatic heterocycles. The maximum Gasteiger partial charge on any atom is 0.331 e. The second kappa shape index (κ2) is 8.22. The van der Waals surface area contributed by atoms with E-state index < -0.39 is 10.9 Å². The van der Waals surface area contributed by atoms with Gasteiger partial charge in [0.1, 0.15) is 16.6 Å². The fourth-order valence-corrected chi connectivity index (χ4v) is 3.82. The number of hydrogen-bond acceptors (Lipinski definition) is 7. The van der Waals surface area contributed by atoms with Crippen molar-refractivity contribution in [2.75, 3.05) is 0 Å². The number of carbonyl (C=O) groups is 1. The molecule has 2 aromatic heterocycles. The highest BCUT2D eigenvalue weighted by Crippen LogP contribution is 2.28. The average Bonchev–Trinajstić information content (AvgIpc) is 3.30. The van der Waals surface area contributed by atoms with Crippen LogP contribution in [0.3, 0.4) is 0 Å². The largest absolute Gasteiger partial charge is 0.456 e. The van der Waals surface area contributed by atoms with Gasteiger partial charge in [0.05, 0.1) is 15.5 Å². The minimum Gasteiger partial charge on any atom is -0.456 e. The van der Waals surface area contributed by atoms with Crippen LogP contribution in [0.1, 0.15) is 11.3 Å². The van der Waals surface area contributed by atoms with Gasteiger partial charge < -0.3 is 4.74 Å². The Hall–Kier alpha value is -2.55. The lowest BCUT2D eigenvalue weighted by Gasteiger charge is -1.99. The van der Waals surface area contributed by atoms with Crippen LogP contribution in [0.5, 0.6) is 0 Å². The fraction of sp³-hybridized carbons (Fsp3) is 0.0588. The van der Waals surface area contributed by atoms with E-state index in [-0.39, 0.29) is 17.3 Å². The van der Waals surface area contributed by atoms with Gasteiger partial charge in [-0.2, -0.15) is 0 Å². The lowest BCUT2D eigenvalue weighted by atomic mass is 10.2. The Morgan fingerprint density at radius 2 is 2.19 bits per heavy atom. The predicted molar refractivity (Wildman–Crippen MR) is 102 cm³/mol.